The topological polar surface area (TPSA) is 129 Å². The molecule has 2 rings (SSSR count). The second-order valence-corrected chi connectivity index (χ2v) is 5.11. The highest BCUT2D eigenvalue weighted by Gasteiger charge is 2.34. The second-order valence-electron chi connectivity index (χ2n) is 5.11. The van der Waals surface area contributed by atoms with Crippen molar-refractivity contribution in [2.75, 3.05) is 7.11 Å². The molecular weight excluding hydrogens is 306 g/mol. The predicted octanol–water partition coefficient (Wildman–Crippen LogP) is 2.51. The monoisotopic (exact) mass is 321 g/mol. The molecular formula is C14H15N3O6. The molecule has 9 heteroatoms. The van der Waals surface area contributed by atoms with Crippen LogP contribution in [0.1, 0.15) is 30.1 Å². The van der Waals surface area contributed by atoms with E-state index >= 15 is 0 Å². The summed E-state index contributed by atoms with van der Waals surface area (Å²) in [5, 5.41) is 25.2. The third-order valence-corrected chi connectivity index (χ3v) is 3.18. The van der Waals surface area contributed by atoms with Gasteiger partial charge >= 0.3 is 5.69 Å². The van der Waals surface area contributed by atoms with E-state index in [0.29, 0.717) is 0 Å². The number of benzene rings is 1. The minimum atomic E-state index is -0.829. The number of nitrogens with zero attached hydrogens (tertiary/aromatic N) is 3. The number of rotatable bonds is 5. The highest BCUT2D eigenvalue weighted by atomic mass is 16.6. The standard InChI is InChI=1S/C14H15N3O6/c1-6(2)12(18)10-8(14-15-7(3)23-16-14)5-9(22-4)13(19)11(10)17(20)21/h5-6,19H,1-4H3. The number of aryl methyl sites for hydroxylation is 1. The van der Waals surface area contributed by atoms with Crippen molar-refractivity contribution in [2.24, 2.45) is 5.92 Å². The molecule has 122 valence electrons. The Kier molecular flexibility index (Phi) is 4.30. The van der Waals surface area contributed by atoms with Crippen molar-refractivity contribution in [3.63, 3.8) is 0 Å². The van der Waals surface area contributed by atoms with E-state index in [4.69, 9.17) is 9.26 Å². The van der Waals surface area contributed by atoms with Crippen molar-refractivity contribution >= 4 is 11.5 Å². The van der Waals surface area contributed by atoms with Crippen LogP contribution in [0.15, 0.2) is 10.6 Å². The van der Waals surface area contributed by atoms with Crippen LogP contribution in [0.5, 0.6) is 11.5 Å². The molecule has 0 saturated carbocycles. The van der Waals surface area contributed by atoms with E-state index in [2.05, 4.69) is 10.1 Å². The molecule has 0 radical (unpaired) electrons. The van der Waals surface area contributed by atoms with Crippen LogP contribution >= 0.6 is 0 Å². The Bertz CT molecular complexity index is 781. The van der Waals surface area contributed by atoms with Crippen molar-refractivity contribution < 1.29 is 24.1 Å². The van der Waals surface area contributed by atoms with Crippen LogP contribution in [0.4, 0.5) is 5.69 Å². The predicted molar refractivity (Wildman–Crippen MR) is 78.5 cm³/mol. The summed E-state index contributed by atoms with van der Waals surface area (Å²) in [6.45, 7) is 4.74. The number of hydrogen-bond acceptors (Lipinski definition) is 8. The number of aromatic nitrogens is 2. The molecule has 0 aliphatic heterocycles. The number of Topliss-reactive ketones (excluding diaryl/α,β-unsaturated/α-hetero) is 1. The molecule has 0 amide bonds. The molecule has 23 heavy (non-hydrogen) atoms. The van der Waals surface area contributed by atoms with Crippen molar-refractivity contribution in [2.45, 2.75) is 20.8 Å². The maximum absolute atomic E-state index is 12.5. The van der Waals surface area contributed by atoms with E-state index in [9.17, 15) is 20.0 Å². The number of methoxy groups -OCH3 is 1. The average molecular weight is 321 g/mol. The van der Waals surface area contributed by atoms with E-state index in [1.165, 1.54) is 13.2 Å². The van der Waals surface area contributed by atoms with E-state index < -0.39 is 28.1 Å². The number of carbonyl (C=O) groups is 1. The van der Waals surface area contributed by atoms with Gasteiger partial charge in [-0.1, -0.05) is 19.0 Å². The molecule has 1 aromatic heterocycles. The molecule has 0 atom stereocenters. The molecule has 0 unspecified atom stereocenters. The van der Waals surface area contributed by atoms with E-state index in [-0.39, 0.29) is 28.6 Å². The summed E-state index contributed by atoms with van der Waals surface area (Å²) in [5.74, 6) is -1.69. The van der Waals surface area contributed by atoms with Gasteiger partial charge in [0, 0.05) is 18.4 Å². The number of ketones is 1. The van der Waals surface area contributed by atoms with Crippen molar-refractivity contribution in [3.8, 4) is 22.9 Å². The lowest BCUT2D eigenvalue weighted by atomic mass is 9.93. The zero-order chi connectivity index (χ0) is 17.3. The molecule has 0 bridgehead atoms. The summed E-state index contributed by atoms with van der Waals surface area (Å²) < 4.78 is 9.82. The summed E-state index contributed by atoms with van der Waals surface area (Å²) in [5.41, 5.74) is -0.938. The molecule has 0 saturated heterocycles. The fraction of sp³-hybridized carbons (Fsp3) is 0.357. The summed E-state index contributed by atoms with van der Waals surface area (Å²) in [6.07, 6.45) is 0. The maximum Gasteiger partial charge on any atom is 0.326 e. The third-order valence-electron chi connectivity index (χ3n) is 3.18. The van der Waals surface area contributed by atoms with Crippen molar-refractivity contribution in [1.29, 1.82) is 0 Å². The molecule has 0 fully saturated rings. The molecule has 1 heterocycles. The highest BCUT2D eigenvalue weighted by Crippen LogP contribution is 2.44. The Morgan fingerprint density at radius 3 is 2.57 bits per heavy atom. The number of nitro groups is 1. The smallest absolute Gasteiger partial charge is 0.326 e. The van der Waals surface area contributed by atoms with Gasteiger partial charge in [-0.25, -0.2) is 0 Å². The SMILES string of the molecule is COc1cc(-c2noc(C)n2)c(C(=O)C(C)C)c([N+](=O)[O-])c1O. The van der Waals surface area contributed by atoms with Gasteiger partial charge in [0.25, 0.3) is 0 Å². The summed E-state index contributed by atoms with van der Waals surface area (Å²) in [4.78, 5) is 27.0. The first-order valence-electron chi connectivity index (χ1n) is 6.71. The first-order valence-corrected chi connectivity index (χ1v) is 6.71. The Balaban J connectivity index is 2.90. The van der Waals surface area contributed by atoms with Crippen LogP contribution in [0.2, 0.25) is 0 Å². The largest absolute Gasteiger partial charge is 0.499 e. The zero-order valence-electron chi connectivity index (χ0n) is 13.0. The lowest BCUT2D eigenvalue weighted by Gasteiger charge is -2.12. The number of carbonyl (C=O) groups excluding carboxylic acids is 1. The fourth-order valence-corrected chi connectivity index (χ4v) is 2.09. The van der Waals surface area contributed by atoms with Gasteiger partial charge < -0.3 is 14.4 Å². The number of ether oxygens (including phenoxy) is 1. The molecule has 0 spiro atoms. The highest BCUT2D eigenvalue weighted by molar-refractivity contribution is 6.07. The van der Waals surface area contributed by atoms with Crippen LogP contribution in [0.25, 0.3) is 11.4 Å². The number of phenols is 1. The lowest BCUT2D eigenvalue weighted by molar-refractivity contribution is -0.386. The van der Waals surface area contributed by atoms with Crippen LogP contribution in [-0.4, -0.2) is 33.1 Å². The Morgan fingerprint density at radius 2 is 2.13 bits per heavy atom. The molecule has 1 aromatic carbocycles. The minimum Gasteiger partial charge on any atom is -0.499 e. The molecule has 1 N–H and O–H groups in total. The maximum atomic E-state index is 12.5. The molecule has 0 aliphatic carbocycles. The number of phenolic OH excluding ortho intramolecular Hbond substituents is 1. The van der Waals surface area contributed by atoms with Gasteiger partial charge in [-0.05, 0) is 6.07 Å². The summed E-state index contributed by atoms with van der Waals surface area (Å²) in [6, 6.07) is 1.28. The minimum absolute atomic E-state index is 0.00731. The summed E-state index contributed by atoms with van der Waals surface area (Å²) in [7, 11) is 1.24. The number of nitro benzene ring substituents is 1. The van der Waals surface area contributed by atoms with Gasteiger partial charge in [-0.15, -0.1) is 0 Å². The summed E-state index contributed by atoms with van der Waals surface area (Å²) >= 11 is 0. The average Bonchev–Trinajstić information content (AvgIpc) is 2.91. The van der Waals surface area contributed by atoms with E-state index in [1.807, 2.05) is 0 Å². The van der Waals surface area contributed by atoms with Crippen molar-refractivity contribution in [3.05, 3.63) is 27.6 Å². The van der Waals surface area contributed by atoms with Crippen LogP contribution < -0.4 is 4.74 Å². The number of hydrogen-bond donors (Lipinski definition) is 1. The first-order chi connectivity index (χ1) is 10.8. The van der Waals surface area contributed by atoms with Gasteiger partial charge in [0.05, 0.1) is 12.0 Å². The van der Waals surface area contributed by atoms with Crippen molar-refractivity contribution in [1.82, 2.24) is 10.1 Å². The lowest BCUT2D eigenvalue weighted by Crippen LogP contribution is -2.13. The Labute approximate surface area is 131 Å². The fourth-order valence-electron chi connectivity index (χ4n) is 2.09. The quantitative estimate of drug-likeness (QED) is 0.505. The normalized spacial score (nSPS) is 10.8. The van der Waals surface area contributed by atoms with Crippen LogP contribution in [-0.2, 0) is 0 Å². The van der Waals surface area contributed by atoms with Crippen LogP contribution in [0.3, 0.4) is 0 Å². The van der Waals surface area contributed by atoms with Gasteiger partial charge in [0.15, 0.2) is 11.5 Å². The van der Waals surface area contributed by atoms with E-state index in [0.717, 1.165) is 0 Å². The third kappa shape index (κ3) is 2.85. The van der Waals surface area contributed by atoms with Gasteiger partial charge in [0.2, 0.25) is 17.5 Å². The van der Waals surface area contributed by atoms with Gasteiger partial charge in [-0.2, -0.15) is 4.98 Å². The molecule has 0 aliphatic rings. The van der Waals surface area contributed by atoms with Crippen LogP contribution in [0, 0.1) is 23.0 Å². The molecule has 9 nitrogen and oxygen atoms in total. The van der Waals surface area contributed by atoms with Gasteiger partial charge in [0.1, 0.15) is 5.56 Å². The Hall–Kier alpha value is -2.97. The zero-order valence-corrected chi connectivity index (χ0v) is 13.0. The first kappa shape index (κ1) is 16.4. The van der Waals surface area contributed by atoms with E-state index in [1.54, 1.807) is 20.8 Å². The van der Waals surface area contributed by atoms with Gasteiger partial charge in [-0.3, -0.25) is 14.9 Å². The second kappa shape index (κ2) is 6.03. The Morgan fingerprint density at radius 1 is 1.48 bits per heavy atom. The number of aromatic hydroxyl groups is 1. The molecule has 2 aromatic rings.